The highest BCUT2D eigenvalue weighted by atomic mass is 19.4. The maximum Gasteiger partial charge on any atom is 0.411 e. The molecule has 0 radical (unpaired) electrons. The lowest BCUT2D eigenvalue weighted by Crippen LogP contribution is -2.24. The summed E-state index contributed by atoms with van der Waals surface area (Å²) in [4.78, 5) is 0. The van der Waals surface area contributed by atoms with E-state index >= 15 is 0 Å². The van der Waals surface area contributed by atoms with Crippen LogP contribution in [0.25, 0.3) is 0 Å². The van der Waals surface area contributed by atoms with Crippen LogP contribution in [0, 0.1) is 0 Å². The van der Waals surface area contributed by atoms with E-state index in [9.17, 15) is 13.2 Å². The molecule has 1 aromatic heterocycles. The minimum Gasteiger partial charge on any atom is -0.370 e. The van der Waals surface area contributed by atoms with E-state index in [1.54, 1.807) is 7.05 Å². The molecule has 0 saturated carbocycles. The van der Waals surface area contributed by atoms with Crippen LogP contribution in [-0.2, 0) is 11.8 Å². The summed E-state index contributed by atoms with van der Waals surface area (Å²) in [5.74, 6) is 0. The van der Waals surface area contributed by atoms with Gasteiger partial charge in [0.2, 0.25) is 0 Å². The highest BCUT2D eigenvalue weighted by Crippen LogP contribution is 2.15. The molecule has 0 saturated heterocycles. The molecule has 2 N–H and O–H groups in total. The van der Waals surface area contributed by atoms with Crippen molar-refractivity contribution in [3.8, 4) is 0 Å². The van der Waals surface area contributed by atoms with Crippen molar-refractivity contribution in [3.63, 3.8) is 0 Å². The maximum absolute atomic E-state index is 11.7. The summed E-state index contributed by atoms with van der Waals surface area (Å²) < 4.78 is 41.0. The summed E-state index contributed by atoms with van der Waals surface area (Å²) in [6.45, 7) is -1.52. The molecule has 0 bridgehead atoms. The number of hydrogen-bond donors (Lipinski definition) is 1. The number of hydrogen-bond acceptors (Lipinski definition) is 4. The van der Waals surface area contributed by atoms with Crippen LogP contribution in [0.3, 0.4) is 0 Å². The van der Waals surface area contributed by atoms with Gasteiger partial charge in [-0.15, -0.1) is 5.10 Å². The number of nitrogens with zero attached hydrogens (tertiary/aromatic N) is 3. The monoisotopic (exact) mass is 224 g/mol. The van der Waals surface area contributed by atoms with E-state index in [0.29, 0.717) is 5.69 Å². The number of rotatable bonds is 4. The molecule has 0 aliphatic heterocycles. The van der Waals surface area contributed by atoms with Crippen LogP contribution in [0.5, 0.6) is 0 Å². The van der Waals surface area contributed by atoms with Crippen LogP contribution in [0.1, 0.15) is 11.7 Å². The molecule has 0 aliphatic carbocycles. The zero-order chi connectivity index (χ0) is 11.5. The Morgan fingerprint density at radius 3 is 2.73 bits per heavy atom. The number of aromatic nitrogens is 3. The molecule has 0 amide bonds. The Balaban J connectivity index is 2.37. The van der Waals surface area contributed by atoms with Gasteiger partial charge in [-0.05, 0) is 0 Å². The predicted octanol–water partition coefficient (Wildman–Crippen LogP) is 0.394. The second-order valence-corrected chi connectivity index (χ2v) is 3.02. The van der Waals surface area contributed by atoms with Gasteiger partial charge in [0.15, 0.2) is 0 Å². The molecule has 1 aromatic rings. The first kappa shape index (κ1) is 11.9. The van der Waals surface area contributed by atoms with Gasteiger partial charge in [0.05, 0.1) is 24.5 Å². The lowest BCUT2D eigenvalue weighted by atomic mass is 10.2. The molecule has 15 heavy (non-hydrogen) atoms. The van der Waals surface area contributed by atoms with Crippen molar-refractivity contribution in [2.45, 2.75) is 12.2 Å². The molecule has 0 fully saturated rings. The third-order valence-corrected chi connectivity index (χ3v) is 1.69. The van der Waals surface area contributed by atoms with Crippen molar-refractivity contribution in [2.24, 2.45) is 12.8 Å². The second kappa shape index (κ2) is 4.58. The minimum absolute atomic E-state index is 0.222. The van der Waals surface area contributed by atoms with Crippen molar-refractivity contribution >= 4 is 0 Å². The van der Waals surface area contributed by atoms with Crippen LogP contribution in [-0.4, -0.2) is 34.4 Å². The van der Waals surface area contributed by atoms with Gasteiger partial charge in [-0.2, -0.15) is 13.2 Å². The molecule has 1 heterocycles. The van der Waals surface area contributed by atoms with Crippen LogP contribution >= 0.6 is 0 Å². The topological polar surface area (TPSA) is 66.0 Å². The number of aryl methyl sites for hydroxylation is 1. The Kier molecular flexibility index (Phi) is 3.64. The van der Waals surface area contributed by atoms with E-state index in [2.05, 4.69) is 15.0 Å². The first-order valence-electron chi connectivity index (χ1n) is 4.15. The van der Waals surface area contributed by atoms with Crippen molar-refractivity contribution in [3.05, 3.63) is 11.9 Å². The summed E-state index contributed by atoms with van der Waals surface area (Å²) in [6, 6.07) is -0.660. The van der Waals surface area contributed by atoms with Crippen molar-refractivity contribution in [2.75, 3.05) is 13.2 Å². The van der Waals surface area contributed by atoms with Gasteiger partial charge >= 0.3 is 6.18 Å². The number of halogens is 3. The zero-order valence-corrected chi connectivity index (χ0v) is 8.03. The van der Waals surface area contributed by atoms with Gasteiger partial charge in [0.1, 0.15) is 6.61 Å². The van der Waals surface area contributed by atoms with Crippen LogP contribution < -0.4 is 5.73 Å². The standard InChI is InChI=1S/C7H11F3N4O/c1-14-6(2-12-13-14)5(11)3-15-4-7(8,9)10/h2,5H,3-4,11H2,1H3. The summed E-state index contributed by atoms with van der Waals surface area (Å²) in [5, 5.41) is 7.16. The molecule has 8 heteroatoms. The van der Waals surface area contributed by atoms with E-state index < -0.39 is 18.8 Å². The summed E-state index contributed by atoms with van der Waals surface area (Å²) in [7, 11) is 1.60. The summed E-state index contributed by atoms with van der Waals surface area (Å²) >= 11 is 0. The SMILES string of the molecule is Cn1nncc1C(N)COCC(F)(F)F. The normalized spacial score (nSPS) is 14.2. The number of nitrogens with two attached hydrogens (primary N) is 1. The van der Waals surface area contributed by atoms with E-state index in [-0.39, 0.29) is 6.61 Å². The average Bonchev–Trinajstić information content (AvgIpc) is 2.48. The molecule has 5 nitrogen and oxygen atoms in total. The zero-order valence-electron chi connectivity index (χ0n) is 8.03. The lowest BCUT2D eigenvalue weighted by molar-refractivity contribution is -0.174. The third-order valence-electron chi connectivity index (χ3n) is 1.69. The Morgan fingerprint density at radius 1 is 1.60 bits per heavy atom. The van der Waals surface area contributed by atoms with Crippen molar-refractivity contribution in [1.82, 2.24) is 15.0 Å². The average molecular weight is 224 g/mol. The largest absolute Gasteiger partial charge is 0.411 e. The van der Waals surface area contributed by atoms with Gasteiger partial charge in [-0.3, -0.25) is 4.68 Å². The highest BCUT2D eigenvalue weighted by molar-refractivity contribution is 5.00. The first-order chi connectivity index (χ1) is 6.90. The fraction of sp³-hybridized carbons (Fsp3) is 0.714. The van der Waals surface area contributed by atoms with E-state index in [1.165, 1.54) is 10.9 Å². The highest BCUT2D eigenvalue weighted by Gasteiger charge is 2.28. The van der Waals surface area contributed by atoms with E-state index in [1.807, 2.05) is 0 Å². The Morgan fingerprint density at radius 2 is 2.27 bits per heavy atom. The molecule has 0 aromatic carbocycles. The quantitative estimate of drug-likeness (QED) is 0.803. The molecule has 0 aliphatic rings. The Labute approximate surface area is 84.0 Å². The summed E-state index contributed by atoms with van der Waals surface area (Å²) in [5.41, 5.74) is 6.10. The predicted molar refractivity (Wildman–Crippen MR) is 44.8 cm³/mol. The molecular weight excluding hydrogens is 213 g/mol. The molecule has 1 atom stereocenters. The fourth-order valence-electron chi connectivity index (χ4n) is 1.02. The van der Waals surface area contributed by atoms with Crippen LogP contribution in [0.2, 0.25) is 0 Å². The van der Waals surface area contributed by atoms with Crippen molar-refractivity contribution in [1.29, 1.82) is 0 Å². The van der Waals surface area contributed by atoms with Gasteiger partial charge in [0, 0.05) is 7.05 Å². The molecule has 1 rings (SSSR count). The number of alkyl halides is 3. The van der Waals surface area contributed by atoms with Crippen LogP contribution in [0.4, 0.5) is 13.2 Å². The first-order valence-corrected chi connectivity index (χ1v) is 4.15. The molecule has 1 unspecified atom stereocenters. The third kappa shape index (κ3) is 3.84. The molecule has 0 spiro atoms. The van der Waals surface area contributed by atoms with Gasteiger partial charge < -0.3 is 10.5 Å². The molecular formula is C7H11F3N4O. The lowest BCUT2D eigenvalue weighted by Gasteiger charge is -2.12. The van der Waals surface area contributed by atoms with Gasteiger partial charge in [-0.25, -0.2) is 0 Å². The smallest absolute Gasteiger partial charge is 0.370 e. The van der Waals surface area contributed by atoms with Crippen LogP contribution in [0.15, 0.2) is 6.20 Å². The minimum atomic E-state index is -4.33. The van der Waals surface area contributed by atoms with E-state index in [4.69, 9.17) is 5.73 Å². The summed E-state index contributed by atoms with van der Waals surface area (Å²) in [6.07, 6.45) is -2.94. The van der Waals surface area contributed by atoms with Gasteiger partial charge in [0.25, 0.3) is 0 Å². The van der Waals surface area contributed by atoms with Gasteiger partial charge in [-0.1, -0.05) is 5.21 Å². The number of ether oxygens (including phenoxy) is 1. The Hall–Kier alpha value is -1.15. The maximum atomic E-state index is 11.7. The fourth-order valence-corrected chi connectivity index (χ4v) is 1.02. The second-order valence-electron chi connectivity index (χ2n) is 3.02. The van der Waals surface area contributed by atoms with Crippen molar-refractivity contribution < 1.29 is 17.9 Å². The Bertz CT molecular complexity index is 311. The molecule has 86 valence electrons. The van der Waals surface area contributed by atoms with E-state index in [0.717, 1.165) is 0 Å².